The number of nitrogens with one attached hydrogen (secondary N) is 2. The molecule has 1 saturated heterocycles. The smallest absolute Gasteiger partial charge is 0.225 e. The molecule has 2 fully saturated rings. The van der Waals surface area contributed by atoms with E-state index in [0.717, 1.165) is 57.8 Å². The number of hydrogen-bond acceptors (Lipinski definition) is 3. The summed E-state index contributed by atoms with van der Waals surface area (Å²) in [6, 6.07) is 2.23. The normalized spacial score (nSPS) is 21.0. The molecule has 1 saturated carbocycles. The number of nitrogens with zero attached hydrogens (tertiary/aromatic N) is 4. The Kier molecular flexibility index (Phi) is 9.36. The van der Waals surface area contributed by atoms with E-state index in [4.69, 9.17) is 0 Å². The molecule has 3 rings (SSSR count). The fourth-order valence-electron chi connectivity index (χ4n) is 3.95. The van der Waals surface area contributed by atoms with Gasteiger partial charge in [0, 0.05) is 57.6 Å². The molecular weight excluding hydrogens is 455 g/mol. The van der Waals surface area contributed by atoms with Crippen molar-refractivity contribution < 1.29 is 4.79 Å². The summed E-state index contributed by atoms with van der Waals surface area (Å²) in [5.41, 5.74) is 0. The van der Waals surface area contributed by atoms with Gasteiger partial charge < -0.3 is 15.5 Å². The van der Waals surface area contributed by atoms with E-state index in [-0.39, 0.29) is 29.9 Å². The predicted octanol–water partition coefficient (Wildman–Crippen LogP) is 2.24. The van der Waals surface area contributed by atoms with Crippen LogP contribution in [0.4, 0.5) is 0 Å². The summed E-state index contributed by atoms with van der Waals surface area (Å²) in [5, 5.41) is 11.0. The SMILES string of the molecule is CN=C(NCCCn1cccn1)NC1CCN(C(=O)C2CCCCC2)C1.I. The molecule has 2 N–H and O–H groups in total. The summed E-state index contributed by atoms with van der Waals surface area (Å²) >= 11 is 0. The van der Waals surface area contributed by atoms with Crippen molar-refractivity contribution in [2.45, 2.75) is 57.5 Å². The van der Waals surface area contributed by atoms with Crippen LogP contribution in [0.2, 0.25) is 0 Å². The predicted molar refractivity (Wildman–Crippen MR) is 118 cm³/mol. The minimum absolute atomic E-state index is 0. The number of guanidine groups is 1. The van der Waals surface area contributed by atoms with Crippen LogP contribution in [-0.2, 0) is 11.3 Å². The van der Waals surface area contributed by atoms with Crippen LogP contribution < -0.4 is 10.6 Å². The van der Waals surface area contributed by atoms with Crippen molar-refractivity contribution in [2.75, 3.05) is 26.7 Å². The molecule has 0 spiro atoms. The maximum Gasteiger partial charge on any atom is 0.225 e. The molecule has 1 aliphatic heterocycles. The third kappa shape index (κ3) is 6.65. The van der Waals surface area contributed by atoms with Gasteiger partial charge in [0.1, 0.15) is 0 Å². The van der Waals surface area contributed by atoms with Crippen molar-refractivity contribution in [3.63, 3.8) is 0 Å². The molecule has 1 aromatic rings. The van der Waals surface area contributed by atoms with Crippen LogP contribution in [0.25, 0.3) is 0 Å². The molecule has 27 heavy (non-hydrogen) atoms. The third-order valence-corrected chi connectivity index (χ3v) is 5.43. The van der Waals surface area contributed by atoms with Gasteiger partial charge in [-0.1, -0.05) is 19.3 Å². The largest absolute Gasteiger partial charge is 0.356 e. The molecule has 0 bridgehead atoms. The molecule has 1 amide bonds. The van der Waals surface area contributed by atoms with Crippen molar-refractivity contribution in [3.05, 3.63) is 18.5 Å². The summed E-state index contributed by atoms with van der Waals surface area (Å²) in [7, 11) is 1.79. The van der Waals surface area contributed by atoms with Crippen LogP contribution in [0.1, 0.15) is 44.9 Å². The van der Waals surface area contributed by atoms with Gasteiger partial charge in [-0.25, -0.2) is 0 Å². The Morgan fingerprint density at radius 3 is 2.78 bits per heavy atom. The molecule has 152 valence electrons. The highest BCUT2D eigenvalue weighted by Crippen LogP contribution is 2.26. The fourth-order valence-corrected chi connectivity index (χ4v) is 3.95. The molecular formula is C19H33IN6O. The Morgan fingerprint density at radius 2 is 2.07 bits per heavy atom. The highest BCUT2D eigenvalue weighted by molar-refractivity contribution is 14.0. The lowest BCUT2D eigenvalue weighted by Gasteiger charge is -2.26. The van der Waals surface area contributed by atoms with Gasteiger partial charge in [0.05, 0.1) is 0 Å². The molecule has 1 atom stereocenters. The molecule has 8 heteroatoms. The minimum Gasteiger partial charge on any atom is -0.356 e. The zero-order valence-corrected chi connectivity index (χ0v) is 18.6. The third-order valence-electron chi connectivity index (χ3n) is 5.43. The molecule has 1 unspecified atom stereocenters. The number of aryl methyl sites for hydroxylation is 1. The van der Waals surface area contributed by atoms with Crippen LogP contribution in [0, 0.1) is 5.92 Å². The minimum atomic E-state index is 0. The van der Waals surface area contributed by atoms with E-state index < -0.39 is 0 Å². The fraction of sp³-hybridized carbons (Fsp3) is 0.737. The van der Waals surface area contributed by atoms with E-state index >= 15 is 0 Å². The molecule has 1 aliphatic carbocycles. The zero-order valence-electron chi connectivity index (χ0n) is 16.3. The van der Waals surface area contributed by atoms with E-state index in [1.54, 1.807) is 13.2 Å². The Morgan fingerprint density at radius 1 is 1.26 bits per heavy atom. The van der Waals surface area contributed by atoms with Crippen molar-refractivity contribution in [1.29, 1.82) is 0 Å². The molecule has 2 aliphatic rings. The summed E-state index contributed by atoms with van der Waals surface area (Å²) < 4.78 is 1.93. The van der Waals surface area contributed by atoms with Gasteiger partial charge in [-0.2, -0.15) is 5.10 Å². The molecule has 0 radical (unpaired) electrons. The number of rotatable bonds is 6. The summed E-state index contributed by atoms with van der Waals surface area (Å²) in [6.45, 7) is 3.40. The molecule has 1 aromatic heterocycles. The highest BCUT2D eigenvalue weighted by atomic mass is 127. The van der Waals surface area contributed by atoms with Crippen LogP contribution >= 0.6 is 24.0 Å². The molecule has 0 aromatic carbocycles. The summed E-state index contributed by atoms with van der Waals surface area (Å²) in [4.78, 5) is 19.0. The van der Waals surface area contributed by atoms with Crippen LogP contribution in [0.15, 0.2) is 23.5 Å². The first-order chi connectivity index (χ1) is 12.8. The lowest BCUT2D eigenvalue weighted by molar-refractivity contribution is -0.135. The van der Waals surface area contributed by atoms with E-state index in [2.05, 4.69) is 25.6 Å². The van der Waals surface area contributed by atoms with E-state index in [1.165, 1.54) is 19.3 Å². The van der Waals surface area contributed by atoms with E-state index in [9.17, 15) is 4.79 Å². The van der Waals surface area contributed by atoms with Crippen LogP contribution in [0.3, 0.4) is 0 Å². The Labute approximate surface area is 179 Å². The number of hydrogen-bond donors (Lipinski definition) is 2. The Hall–Kier alpha value is -1.32. The summed E-state index contributed by atoms with van der Waals surface area (Å²) in [5.74, 6) is 1.46. The van der Waals surface area contributed by atoms with Gasteiger partial charge in [-0.05, 0) is 31.7 Å². The number of halogens is 1. The summed E-state index contributed by atoms with van der Waals surface area (Å²) in [6.07, 6.45) is 11.6. The number of carbonyl (C=O) groups excluding carboxylic acids is 1. The lowest BCUT2D eigenvalue weighted by Crippen LogP contribution is -2.45. The first-order valence-electron chi connectivity index (χ1n) is 9.99. The maximum atomic E-state index is 12.7. The molecule has 2 heterocycles. The monoisotopic (exact) mass is 488 g/mol. The average molecular weight is 488 g/mol. The van der Waals surface area contributed by atoms with Crippen molar-refractivity contribution >= 4 is 35.8 Å². The second kappa shape index (κ2) is 11.5. The van der Waals surface area contributed by atoms with Gasteiger partial charge in [0.15, 0.2) is 5.96 Å². The van der Waals surface area contributed by atoms with Crippen molar-refractivity contribution in [3.8, 4) is 0 Å². The van der Waals surface area contributed by atoms with Gasteiger partial charge in [0.2, 0.25) is 5.91 Å². The Balaban J connectivity index is 0.00000261. The highest BCUT2D eigenvalue weighted by Gasteiger charge is 2.31. The average Bonchev–Trinajstić information content (AvgIpc) is 3.36. The first-order valence-corrected chi connectivity index (χ1v) is 9.99. The number of aliphatic imine (C=N–C) groups is 1. The second-order valence-corrected chi connectivity index (χ2v) is 7.37. The van der Waals surface area contributed by atoms with Gasteiger partial charge in [-0.3, -0.25) is 14.5 Å². The van der Waals surface area contributed by atoms with E-state index in [0.29, 0.717) is 11.9 Å². The number of likely N-dealkylation sites (tertiary alicyclic amines) is 1. The number of aromatic nitrogens is 2. The quantitative estimate of drug-likeness (QED) is 0.279. The topological polar surface area (TPSA) is 74.6 Å². The maximum absolute atomic E-state index is 12.7. The van der Waals surface area contributed by atoms with Gasteiger partial charge in [0.25, 0.3) is 0 Å². The Bertz CT molecular complexity index is 585. The van der Waals surface area contributed by atoms with Crippen molar-refractivity contribution in [1.82, 2.24) is 25.3 Å². The first kappa shape index (κ1) is 22.0. The van der Waals surface area contributed by atoms with Gasteiger partial charge in [-0.15, -0.1) is 24.0 Å². The molecule has 7 nitrogen and oxygen atoms in total. The number of carbonyl (C=O) groups is 1. The van der Waals surface area contributed by atoms with Crippen molar-refractivity contribution in [2.24, 2.45) is 10.9 Å². The lowest BCUT2D eigenvalue weighted by atomic mass is 9.88. The van der Waals surface area contributed by atoms with Crippen LogP contribution in [-0.4, -0.2) is 59.3 Å². The second-order valence-electron chi connectivity index (χ2n) is 7.37. The zero-order chi connectivity index (χ0) is 18.2. The van der Waals surface area contributed by atoms with Gasteiger partial charge >= 0.3 is 0 Å². The standard InChI is InChI=1S/C19H32N6O.HI/c1-20-19(21-10-5-12-25-13-6-11-22-25)23-17-9-14-24(15-17)18(26)16-7-3-2-4-8-16;/h6,11,13,16-17H,2-5,7-10,12,14-15H2,1H3,(H2,20,21,23);1H. The number of amides is 1. The van der Waals surface area contributed by atoms with Crippen LogP contribution in [0.5, 0.6) is 0 Å². The van der Waals surface area contributed by atoms with E-state index in [1.807, 2.05) is 16.9 Å².